The lowest BCUT2D eigenvalue weighted by atomic mass is 10.0. The molecular weight excluding hydrogens is 268 g/mol. The van der Waals surface area contributed by atoms with Crippen molar-refractivity contribution in [3.63, 3.8) is 0 Å². The number of carbonyl (C=O) groups is 2. The summed E-state index contributed by atoms with van der Waals surface area (Å²) in [6, 6.07) is 9.28. The van der Waals surface area contributed by atoms with Gasteiger partial charge in [0.15, 0.2) is 0 Å². The maximum atomic E-state index is 12.3. The average molecular weight is 282 g/mol. The van der Waals surface area contributed by atoms with Gasteiger partial charge in [-0.25, -0.2) is 9.97 Å². The molecule has 106 valence electrons. The molecule has 0 atom stereocenters. The molecule has 2 aromatic rings. The molecule has 2 amide bonds. The maximum Gasteiger partial charge on any atom is 0.316 e. The first kappa shape index (κ1) is 13.2. The standard InChI is InChI=1S/C15H14N4O2/c20-13(18-15-16-8-4-9-17-15)14(21)19-10-3-6-11-5-1-2-7-12(11)19/h1-2,4-5,7-9H,3,6,10H2,(H,16,17,18,20). The van der Waals surface area contributed by atoms with Crippen molar-refractivity contribution in [1.82, 2.24) is 9.97 Å². The van der Waals surface area contributed by atoms with Gasteiger partial charge >= 0.3 is 11.8 Å². The summed E-state index contributed by atoms with van der Waals surface area (Å²) in [6.45, 7) is 0.541. The van der Waals surface area contributed by atoms with Crippen LogP contribution in [0.5, 0.6) is 0 Å². The molecule has 1 aromatic carbocycles. The van der Waals surface area contributed by atoms with Gasteiger partial charge in [0.1, 0.15) is 0 Å². The fourth-order valence-corrected chi connectivity index (χ4v) is 2.39. The summed E-state index contributed by atoms with van der Waals surface area (Å²) in [5, 5.41) is 2.42. The molecule has 0 aliphatic carbocycles. The predicted octanol–water partition coefficient (Wildman–Crippen LogP) is 1.39. The maximum absolute atomic E-state index is 12.3. The van der Waals surface area contributed by atoms with E-state index in [4.69, 9.17) is 0 Å². The van der Waals surface area contributed by atoms with Gasteiger partial charge in [-0.15, -0.1) is 0 Å². The van der Waals surface area contributed by atoms with E-state index in [0.717, 1.165) is 24.1 Å². The van der Waals surface area contributed by atoms with Crippen LogP contribution in [0.1, 0.15) is 12.0 Å². The molecule has 0 unspecified atom stereocenters. The first-order chi connectivity index (χ1) is 10.3. The monoisotopic (exact) mass is 282 g/mol. The third-order valence-corrected chi connectivity index (χ3v) is 3.34. The van der Waals surface area contributed by atoms with Gasteiger partial charge in [-0.1, -0.05) is 18.2 Å². The van der Waals surface area contributed by atoms with Crippen molar-refractivity contribution in [1.29, 1.82) is 0 Å². The highest BCUT2D eigenvalue weighted by Crippen LogP contribution is 2.26. The minimum Gasteiger partial charge on any atom is -0.304 e. The third kappa shape index (κ3) is 2.74. The number of nitrogens with zero attached hydrogens (tertiary/aromatic N) is 3. The minimum absolute atomic E-state index is 0.126. The Hall–Kier alpha value is -2.76. The van der Waals surface area contributed by atoms with Gasteiger partial charge in [0.2, 0.25) is 5.95 Å². The van der Waals surface area contributed by atoms with E-state index in [-0.39, 0.29) is 5.95 Å². The largest absolute Gasteiger partial charge is 0.316 e. The summed E-state index contributed by atoms with van der Waals surface area (Å²) in [6.07, 6.45) is 4.77. The van der Waals surface area contributed by atoms with Gasteiger partial charge < -0.3 is 4.90 Å². The molecule has 1 aliphatic heterocycles. The second-order valence-electron chi connectivity index (χ2n) is 4.72. The number of amides is 2. The van der Waals surface area contributed by atoms with Crippen LogP contribution in [0, 0.1) is 0 Å². The topological polar surface area (TPSA) is 75.2 Å². The second-order valence-corrected chi connectivity index (χ2v) is 4.72. The summed E-state index contributed by atoms with van der Waals surface area (Å²) in [5.74, 6) is -1.19. The first-order valence-corrected chi connectivity index (χ1v) is 6.73. The van der Waals surface area contributed by atoms with E-state index in [1.165, 1.54) is 17.3 Å². The molecule has 0 bridgehead atoms. The number of nitrogens with one attached hydrogen (secondary N) is 1. The lowest BCUT2D eigenvalue weighted by molar-refractivity contribution is -0.134. The quantitative estimate of drug-likeness (QED) is 0.802. The number of carbonyl (C=O) groups excluding carboxylic acids is 2. The van der Waals surface area contributed by atoms with E-state index in [1.807, 2.05) is 24.3 Å². The van der Waals surface area contributed by atoms with E-state index in [2.05, 4.69) is 15.3 Å². The number of fused-ring (bicyclic) bond motifs is 1. The number of rotatable bonds is 1. The van der Waals surface area contributed by atoms with Crippen molar-refractivity contribution in [3.05, 3.63) is 48.3 Å². The molecular formula is C15H14N4O2. The molecule has 21 heavy (non-hydrogen) atoms. The molecule has 1 aromatic heterocycles. The van der Waals surface area contributed by atoms with Gasteiger partial charge in [0.05, 0.1) is 0 Å². The Morgan fingerprint density at radius 2 is 1.86 bits per heavy atom. The van der Waals surface area contributed by atoms with Gasteiger partial charge in [0.25, 0.3) is 0 Å². The molecule has 6 heteroatoms. The minimum atomic E-state index is -0.724. The van der Waals surface area contributed by atoms with Crippen LogP contribution >= 0.6 is 0 Å². The fourth-order valence-electron chi connectivity index (χ4n) is 2.39. The number of hydrogen-bond acceptors (Lipinski definition) is 4. The van der Waals surface area contributed by atoms with Crippen LogP contribution in [-0.2, 0) is 16.0 Å². The summed E-state index contributed by atoms with van der Waals surface area (Å²) in [5.41, 5.74) is 1.89. The van der Waals surface area contributed by atoms with Gasteiger partial charge in [0, 0.05) is 24.6 Å². The van der Waals surface area contributed by atoms with Crippen molar-refractivity contribution in [2.75, 3.05) is 16.8 Å². The summed E-state index contributed by atoms with van der Waals surface area (Å²) < 4.78 is 0. The zero-order chi connectivity index (χ0) is 14.7. The first-order valence-electron chi connectivity index (χ1n) is 6.73. The van der Waals surface area contributed by atoms with Crippen LogP contribution in [0.3, 0.4) is 0 Å². The molecule has 0 fully saturated rings. The average Bonchev–Trinajstić information content (AvgIpc) is 2.54. The molecule has 6 nitrogen and oxygen atoms in total. The number of aromatic nitrogens is 2. The molecule has 0 spiro atoms. The van der Waals surface area contributed by atoms with Crippen LogP contribution in [0.15, 0.2) is 42.7 Å². The fraction of sp³-hybridized carbons (Fsp3) is 0.200. The molecule has 3 rings (SSSR count). The zero-order valence-electron chi connectivity index (χ0n) is 11.3. The SMILES string of the molecule is O=C(Nc1ncccn1)C(=O)N1CCCc2ccccc21. The number of para-hydroxylation sites is 1. The Morgan fingerprint density at radius 1 is 1.10 bits per heavy atom. The molecule has 2 heterocycles. The van der Waals surface area contributed by atoms with Crippen LogP contribution in [-0.4, -0.2) is 28.3 Å². The number of anilines is 2. The van der Waals surface area contributed by atoms with Crippen molar-refractivity contribution >= 4 is 23.5 Å². The van der Waals surface area contributed by atoms with Crippen LogP contribution in [0.25, 0.3) is 0 Å². The molecule has 0 saturated carbocycles. The highest BCUT2D eigenvalue weighted by molar-refractivity contribution is 6.44. The van der Waals surface area contributed by atoms with Crippen molar-refractivity contribution < 1.29 is 9.59 Å². The van der Waals surface area contributed by atoms with Gasteiger partial charge in [-0.3, -0.25) is 14.9 Å². The second kappa shape index (κ2) is 5.70. The Kier molecular flexibility index (Phi) is 3.59. The Balaban J connectivity index is 1.78. The molecule has 0 radical (unpaired) electrons. The lowest BCUT2D eigenvalue weighted by Gasteiger charge is -2.28. The number of hydrogen-bond donors (Lipinski definition) is 1. The van der Waals surface area contributed by atoms with Crippen LogP contribution in [0.2, 0.25) is 0 Å². The Bertz CT molecular complexity index is 672. The summed E-state index contributed by atoms with van der Waals surface area (Å²) in [7, 11) is 0. The van der Waals surface area contributed by atoms with E-state index in [9.17, 15) is 9.59 Å². The van der Waals surface area contributed by atoms with E-state index >= 15 is 0 Å². The smallest absolute Gasteiger partial charge is 0.304 e. The summed E-state index contributed by atoms with van der Waals surface area (Å²) >= 11 is 0. The highest BCUT2D eigenvalue weighted by Gasteiger charge is 2.27. The molecule has 1 aliphatic rings. The van der Waals surface area contributed by atoms with E-state index in [1.54, 1.807) is 6.07 Å². The number of benzene rings is 1. The summed E-state index contributed by atoms with van der Waals surface area (Å²) in [4.78, 5) is 33.6. The Labute approximate surface area is 121 Å². The zero-order valence-corrected chi connectivity index (χ0v) is 11.3. The molecule has 1 N–H and O–H groups in total. The molecule has 0 saturated heterocycles. The Morgan fingerprint density at radius 3 is 2.67 bits per heavy atom. The van der Waals surface area contributed by atoms with Crippen molar-refractivity contribution in [2.24, 2.45) is 0 Å². The van der Waals surface area contributed by atoms with Crippen LogP contribution < -0.4 is 10.2 Å². The van der Waals surface area contributed by atoms with Crippen molar-refractivity contribution in [2.45, 2.75) is 12.8 Å². The lowest BCUT2D eigenvalue weighted by Crippen LogP contribution is -2.42. The van der Waals surface area contributed by atoms with Gasteiger partial charge in [-0.2, -0.15) is 0 Å². The predicted molar refractivity (Wildman–Crippen MR) is 77.8 cm³/mol. The normalized spacial score (nSPS) is 13.4. The van der Waals surface area contributed by atoms with E-state index < -0.39 is 11.8 Å². The van der Waals surface area contributed by atoms with Crippen LogP contribution in [0.4, 0.5) is 11.6 Å². The van der Waals surface area contributed by atoms with Crippen molar-refractivity contribution in [3.8, 4) is 0 Å². The third-order valence-electron chi connectivity index (χ3n) is 3.34. The highest BCUT2D eigenvalue weighted by atomic mass is 16.2. The van der Waals surface area contributed by atoms with Gasteiger partial charge in [-0.05, 0) is 30.5 Å². The number of aryl methyl sites for hydroxylation is 1. The van der Waals surface area contributed by atoms with E-state index in [0.29, 0.717) is 6.54 Å².